The van der Waals surface area contributed by atoms with Crippen LogP contribution in [0.25, 0.3) is 27.6 Å². The van der Waals surface area contributed by atoms with Gasteiger partial charge in [-0.1, -0.05) is 24.3 Å². The summed E-state index contributed by atoms with van der Waals surface area (Å²) >= 11 is 0. The smallest absolute Gasteiger partial charge is 0.250 e. The Bertz CT molecular complexity index is 1600. The number of anilines is 1. The van der Waals surface area contributed by atoms with E-state index in [0.29, 0.717) is 29.7 Å². The summed E-state index contributed by atoms with van der Waals surface area (Å²) in [7, 11) is -3.28. The lowest BCUT2D eigenvalue weighted by atomic mass is 9.94. The third kappa shape index (κ3) is 5.47. The SMILES string of the molecule is Cc1c(NC(=O)/C=C\C(N)=O)cccc1-c1ccc(C(N)=O)c2[nH]c(C3=CCN(S(C)(=O)=O)CC3)cc12. The van der Waals surface area contributed by atoms with Crippen molar-refractivity contribution in [2.24, 2.45) is 11.5 Å². The minimum atomic E-state index is -3.28. The summed E-state index contributed by atoms with van der Waals surface area (Å²) in [5.74, 6) is -1.80. The Kier molecular flexibility index (Phi) is 7.01. The Morgan fingerprint density at radius 2 is 1.84 bits per heavy atom. The van der Waals surface area contributed by atoms with Crippen molar-refractivity contribution < 1.29 is 22.8 Å². The average Bonchev–Trinajstić information content (AvgIpc) is 3.28. The first-order chi connectivity index (χ1) is 17.5. The molecule has 3 aromatic rings. The maximum absolute atomic E-state index is 12.2. The van der Waals surface area contributed by atoms with E-state index in [-0.39, 0.29) is 6.54 Å². The van der Waals surface area contributed by atoms with Crippen LogP contribution in [-0.4, -0.2) is 54.8 Å². The molecule has 3 amide bonds. The minimum absolute atomic E-state index is 0.268. The number of hydrogen-bond acceptors (Lipinski definition) is 5. The minimum Gasteiger partial charge on any atom is -0.366 e. The molecule has 192 valence electrons. The summed E-state index contributed by atoms with van der Waals surface area (Å²) in [6.07, 6.45) is 5.61. The Morgan fingerprint density at radius 1 is 1.08 bits per heavy atom. The molecule has 4 rings (SSSR count). The van der Waals surface area contributed by atoms with Crippen molar-refractivity contribution in [3.8, 4) is 11.1 Å². The number of hydrogen-bond donors (Lipinski definition) is 4. The number of fused-ring (bicyclic) bond motifs is 1. The molecule has 0 saturated heterocycles. The molecule has 0 unspecified atom stereocenters. The topological polar surface area (TPSA) is 168 Å². The third-order valence-corrected chi connectivity index (χ3v) is 7.60. The second-order valence-corrected chi connectivity index (χ2v) is 10.8. The molecular formula is C26H27N5O5S. The third-order valence-electron chi connectivity index (χ3n) is 6.33. The quantitative estimate of drug-likeness (QED) is 0.349. The predicted octanol–water partition coefficient (Wildman–Crippen LogP) is 2.27. The number of carbonyl (C=O) groups excluding carboxylic acids is 3. The van der Waals surface area contributed by atoms with Crippen molar-refractivity contribution in [1.82, 2.24) is 9.29 Å². The highest BCUT2D eigenvalue weighted by Crippen LogP contribution is 2.37. The van der Waals surface area contributed by atoms with Crippen LogP contribution in [0, 0.1) is 6.92 Å². The molecule has 0 atom stereocenters. The fourth-order valence-corrected chi connectivity index (χ4v) is 5.19. The number of aromatic nitrogens is 1. The molecule has 0 spiro atoms. The molecule has 37 heavy (non-hydrogen) atoms. The number of primary amides is 2. The Hall–Kier alpha value is -4.22. The normalized spacial score (nSPS) is 14.6. The van der Waals surface area contributed by atoms with E-state index in [1.807, 2.05) is 31.2 Å². The first-order valence-electron chi connectivity index (χ1n) is 11.4. The standard InChI is InChI=1S/C26H27N5O5S/c1-15-17(4-3-5-21(15)29-24(33)9-8-23(27)32)18-6-7-19(26(28)34)25-20(18)14-22(30-25)16-10-12-31(13-11-16)37(2,35)36/h3-10,14,30H,11-13H2,1-2H3,(H2,27,32)(H2,28,34)(H,29,33)/b9-8-. The number of nitrogens with one attached hydrogen (secondary N) is 2. The molecular weight excluding hydrogens is 494 g/mol. The average molecular weight is 522 g/mol. The van der Waals surface area contributed by atoms with Gasteiger partial charge in [-0.2, -0.15) is 4.31 Å². The number of benzene rings is 2. The van der Waals surface area contributed by atoms with Crippen molar-refractivity contribution in [3.63, 3.8) is 0 Å². The summed E-state index contributed by atoms with van der Waals surface area (Å²) in [5, 5.41) is 3.51. The van der Waals surface area contributed by atoms with Crippen molar-refractivity contribution in [1.29, 1.82) is 0 Å². The maximum atomic E-state index is 12.2. The zero-order chi connectivity index (χ0) is 26.9. The number of carbonyl (C=O) groups is 3. The number of amides is 3. The second-order valence-electron chi connectivity index (χ2n) is 8.80. The van der Waals surface area contributed by atoms with Gasteiger partial charge in [0, 0.05) is 42.0 Å². The van der Waals surface area contributed by atoms with Gasteiger partial charge in [0.15, 0.2) is 0 Å². The first-order valence-corrected chi connectivity index (χ1v) is 13.3. The molecule has 0 radical (unpaired) electrons. The summed E-state index contributed by atoms with van der Waals surface area (Å²) in [6.45, 7) is 2.48. The van der Waals surface area contributed by atoms with Crippen LogP contribution in [0.3, 0.4) is 0 Å². The van der Waals surface area contributed by atoms with Crippen molar-refractivity contribution in [3.05, 3.63) is 71.4 Å². The molecule has 0 aliphatic carbocycles. The van der Waals surface area contributed by atoms with Crippen molar-refractivity contribution >= 4 is 49.9 Å². The highest BCUT2D eigenvalue weighted by atomic mass is 32.2. The van der Waals surface area contributed by atoms with Crippen LogP contribution >= 0.6 is 0 Å². The molecule has 1 aliphatic rings. The summed E-state index contributed by atoms with van der Waals surface area (Å²) in [5.41, 5.74) is 16.3. The lowest BCUT2D eigenvalue weighted by Gasteiger charge is -2.23. The summed E-state index contributed by atoms with van der Waals surface area (Å²) < 4.78 is 25.1. The van der Waals surface area contributed by atoms with Gasteiger partial charge in [0.2, 0.25) is 21.8 Å². The lowest BCUT2D eigenvalue weighted by molar-refractivity contribution is -0.115. The zero-order valence-electron chi connectivity index (χ0n) is 20.4. The summed E-state index contributed by atoms with van der Waals surface area (Å²) in [6, 6.07) is 10.8. The van der Waals surface area contributed by atoms with E-state index in [1.54, 1.807) is 18.2 Å². The molecule has 0 bridgehead atoms. The molecule has 2 heterocycles. The van der Waals surface area contributed by atoms with E-state index in [2.05, 4.69) is 10.3 Å². The monoisotopic (exact) mass is 521 g/mol. The van der Waals surface area contributed by atoms with Crippen LogP contribution in [0.2, 0.25) is 0 Å². The number of H-pyrrole nitrogens is 1. The van der Waals surface area contributed by atoms with Gasteiger partial charge >= 0.3 is 0 Å². The number of nitrogens with two attached hydrogens (primary N) is 2. The molecule has 6 N–H and O–H groups in total. The van der Waals surface area contributed by atoms with Gasteiger partial charge < -0.3 is 21.8 Å². The van der Waals surface area contributed by atoms with E-state index >= 15 is 0 Å². The maximum Gasteiger partial charge on any atom is 0.250 e. The molecule has 1 aliphatic heterocycles. The van der Waals surface area contributed by atoms with E-state index in [9.17, 15) is 22.8 Å². The summed E-state index contributed by atoms with van der Waals surface area (Å²) in [4.78, 5) is 38.6. The van der Waals surface area contributed by atoms with E-state index in [1.165, 1.54) is 10.6 Å². The van der Waals surface area contributed by atoms with Crippen LogP contribution in [0.4, 0.5) is 5.69 Å². The van der Waals surface area contributed by atoms with E-state index < -0.39 is 27.7 Å². The van der Waals surface area contributed by atoms with Crippen LogP contribution < -0.4 is 16.8 Å². The number of rotatable bonds is 7. The van der Waals surface area contributed by atoms with Crippen LogP contribution in [0.1, 0.15) is 28.0 Å². The fraction of sp³-hybridized carbons (Fsp3) is 0.192. The van der Waals surface area contributed by atoms with Gasteiger partial charge in [0.05, 0.1) is 17.3 Å². The van der Waals surface area contributed by atoms with Gasteiger partial charge in [-0.25, -0.2) is 8.42 Å². The van der Waals surface area contributed by atoms with E-state index in [4.69, 9.17) is 11.5 Å². The van der Waals surface area contributed by atoms with Gasteiger partial charge in [0.1, 0.15) is 0 Å². The Labute approximate surface area is 214 Å². The highest BCUT2D eigenvalue weighted by Gasteiger charge is 2.22. The van der Waals surface area contributed by atoms with Crippen LogP contribution in [0.15, 0.2) is 54.6 Å². The largest absolute Gasteiger partial charge is 0.366 e. The van der Waals surface area contributed by atoms with Gasteiger partial charge in [-0.3, -0.25) is 14.4 Å². The van der Waals surface area contributed by atoms with Gasteiger partial charge in [-0.05, 0) is 53.8 Å². The van der Waals surface area contributed by atoms with Crippen LogP contribution in [0.5, 0.6) is 0 Å². The van der Waals surface area contributed by atoms with Crippen LogP contribution in [-0.2, 0) is 19.6 Å². The zero-order valence-corrected chi connectivity index (χ0v) is 21.2. The lowest BCUT2D eigenvalue weighted by Crippen LogP contribution is -2.33. The number of sulfonamides is 1. The van der Waals surface area contributed by atoms with Gasteiger partial charge in [0.25, 0.3) is 5.91 Å². The molecule has 10 nitrogen and oxygen atoms in total. The fourth-order valence-electron chi connectivity index (χ4n) is 4.42. The molecule has 0 fully saturated rings. The van der Waals surface area contributed by atoms with Gasteiger partial charge in [-0.15, -0.1) is 0 Å². The molecule has 2 aromatic carbocycles. The van der Waals surface area contributed by atoms with E-state index in [0.717, 1.165) is 45.5 Å². The number of nitrogens with zero attached hydrogens (tertiary/aromatic N) is 1. The Morgan fingerprint density at radius 3 is 2.46 bits per heavy atom. The second kappa shape index (κ2) is 10.0. The highest BCUT2D eigenvalue weighted by molar-refractivity contribution is 7.88. The van der Waals surface area contributed by atoms with Crippen molar-refractivity contribution in [2.45, 2.75) is 13.3 Å². The molecule has 1 aromatic heterocycles. The molecule has 11 heteroatoms. The Balaban J connectivity index is 1.78. The molecule has 0 saturated carbocycles. The first kappa shape index (κ1) is 25.9. The predicted molar refractivity (Wildman–Crippen MR) is 143 cm³/mol. The van der Waals surface area contributed by atoms with Crippen molar-refractivity contribution in [2.75, 3.05) is 24.7 Å². The number of aromatic amines is 1.